The van der Waals surface area contributed by atoms with Gasteiger partial charge in [-0.2, -0.15) is 0 Å². The van der Waals surface area contributed by atoms with Gasteiger partial charge in [0.05, 0.1) is 11.3 Å². The van der Waals surface area contributed by atoms with Crippen LogP contribution in [0.25, 0.3) is 11.3 Å². The topological polar surface area (TPSA) is 26.0 Å². The van der Waals surface area contributed by atoms with Gasteiger partial charge >= 0.3 is 0 Å². The van der Waals surface area contributed by atoms with Gasteiger partial charge in [-0.25, -0.2) is 9.37 Å². The molecule has 0 radical (unpaired) electrons. The lowest BCUT2D eigenvalue weighted by Gasteiger charge is -2.20. The Kier molecular flexibility index (Phi) is 3.60. The number of halogens is 1. The number of aryl methyl sites for hydroxylation is 2. The van der Waals surface area contributed by atoms with Crippen molar-refractivity contribution in [2.24, 2.45) is 0 Å². The highest BCUT2D eigenvalue weighted by atomic mass is 19.1. The molecule has 0 unspecified atom stereocenters. The maximum Gasteiger partial charge on any atom is 0.192 e. The maximum absolute atomic E-state index is 14.4. The summed E-state index contributed by atoms with van der Waals surface area (Å²) in [5, 5.41) is 0. The zero-order chi connectivity index (χ0) is 14.1. The van der Waals surface area contributed by atoms with Crippen LogP contribution in [0.15, 0.2) is 22.6 Å². The number of benzene rings is 1. The molecule has 1 aromatic heterocycles. The van der Waals surface area contributed by atoms with Crippen LogP contribution in [0.4, 0.5) is 4.39 Å². The van der Waals surface area contributed by atoms with Gasteiger partial charge in [-0.05, 0) is 31.4 Å². The quantitative estimate of drug-likeness (QED) is 0.756. The number of hydrogen-bond acceptors (Lipinski definition) is 2. The zero-order valence-corrected chi connectivity index (χ0v) is 12.1. The molecular weight excluding hydrogens is 253 g/mol. The van der Waals surface area contributed by atoms with Crippen LogP contribution in [-0.4, -0.2) is 4.98 Å². The van der Waals surface area contributed by atoms with Gasteiger partial charge in [0.2, 0.25) is 0 Å². The van der Waals surface area contributed by atoms with E-state index in [0.29, 0.717) is 28.7 Å². The second-order valence-electron chi connectivity index (χ2n) is 5.72. The lowest BCUT2D eigenvalue weighted by molar-refractivity contribution is 0.436. The molecule has 0 atom stereocenters. The fourth-order valence-electron chi connectivity index (χ4n) is 3.11. The number of nitrogens with zero attached hydrogens (tertiary/aromatic N) is 1. The first-order valence-corrected chi connectivity index (χ1v) is 7.39. The number of rotatable bonds is 2. The second kappa shape index (κ2) is 5.39. The van der Waals surface area contributed by atoms with Crippen LogP contribution >= 0.6 is 0 Å². The minimum atomic E-state index is -0.194. The van der Waals surface area contributed by atoms with E-state index in [-0.39, 0.29) is 5.82 Å². The molecule has 1 fully saturated rings. The summed E-state index contributed by atoms with van der Waals surface area (Å²) in [5.74, 6) is 1.48. The van der Waals surface area contributed by atoms with E-state index in [2.05, 4.69) is 4.98 Å². The van der Waals surface area contributed by atoms with Crippen molar-refractivity contribution in [3.8, 4) is 11.3 Å². The minimum absolute atomic E-state index is 0.194. The van der Waals surface area contributed by atoms with Crippen LogP contribution < -0.4 is 0 Å². The number of aromatic nitrogens is 1. The van der Waals surface area contributed by atoms with Crippen molar-refractivity contribution in [3.05, 3.63) is 41.2 Å². The molecule has 3 heteroatoms. The van der Waals surface area contributed by atoms with Gasteiger partial charge in [0.1, 0.15) is 5.82 Å². The lowest BCUT2D eigenvalue weighted by atomic mass is 9.85. The monoisotopic (exact) mass is 273 g/mol. The van der Waals surface area contributed by atoms with Crippen molar-refractivity contribution < 1.29 is 8.81 Å². The standard InChI is InChI=1S/C17H20FNO/c1-11-7-6-10-14(15(11)18)17-16(19-12(2)20-17)13-8-4-3-5-9-13/h6-7,10,13H,3-5,8-9H2,1-2H3. The van der Waals surface area contributed by atoms with Crippen LogP contribution in [0.2, 0.25) is 0 Å². The van der Waals surface area contributed by atoms with E-state index < -0.39 is 0 Å². The predicted octanol–water partition coefficient (Wildman–Crippen LogP) is 5.15. The number of oxazole rings is 1. The maximum atomic E-state index is 14.4. The Labute approximate surface area is 119 Å². The summed E-state index contributed by atoms with van der Waals surface area (Å²) in [4.78, 5) is 4.55. The molecule has 1 saturated carbocycles. The molecule has 0 N–H and O–H groups in total. The summed E-state index contributed by atoms with van der Waals surface area (Å²) in [6, 6.07) is 5.44. The van der Waals surface area contributed by atoms with Crippen LogP contribution in [-0.2, 0) is 0 Å². The van der Waals surface area contributed by atoms with E-state index in [4.69, 9.17) is 4.42 Å². The third kappa shape index (κ3) is 2.37. The first kappa shape index (κ1) is 13.3. The van der Waals surface area contributed by atoms with Crippen molar-refractivity contribution in [1.29, 1.82) is 0 Å². The van der Waals surface area contributed by atoms with Gasteiger partial charge in [-0.3, -0.25) is 0 Å². The van der Waals surface area contributed by atoms with Crippen molar-refractivity contribution in [1.82, 2.24) is 4.98 Å². The van der Waals surface area contributed by atoms with Crippen molar-refractivity contribution in [2.45, 2.75) is 51.9 Å². The minimum Gasteiger partial charge on any atom is -0.441 e. The van der Waals surface area contributed by atoms with Crippen molar-refractivity contribution >= 4 is 0 Å². The zero-order valence-electron chi connectivity index (χ0n) is 12.1. The Balaban J connectivity index is 2.07. The molecule has 1 aliphatic rings. The van der Waals surface area contributed by atoms with E-state index >= 15 is 0 Å². The fraction of sp³-hybridized carbons (Fsp3) is 0.471. The highest BCUT2D eigenvalue weighted by molar-refractivity contribution is 5.62. The predicted molar refractivity (Wildman–Crippen MR) is 77.2 cm³/mol. The van der Waals surface area contributed by atoms with Crippen LogP contribution in [0.5, 0.6) is 0 Å². The van der Waals surface area contributed by atoms with Gasteiger partial charge in [-0.15, -0.1) is 0 Å². The summed E-state index contributed by atoms with van der Waals surface area (Å²) >= 11 is 0. The number of hydrogen-bond donors (Lipinski definition) is 0. The molecule has 20 heavy (non-hydrogen) atoms. The third-order valence-corrected chi connectivity index (χ3v) is 4.19. The highest BCUT2D eigenvalue weighted by Gasteiger charge is 2.25. The van der Waals surface area contributed by atoms with Gasteiger partial charge in [-0.1, -0.05) is 31.4 Å². The molecule has 0 amide bonds. The molecule has 0 bridgehead atoms. The summed E-state index contributed by atoms with van der Waals surface area (Å²) in [5.41, 5.74) is 2.14. The molecule has 1 heterocycles. The van der Waals surface area contributed by atoms with Crippen LogP contribution in [0, 0.1) is 19.7 Å². The molecule has 106 valence electrons. The van der Waals surface area contributed by atoms with Gasteiger partial charge in [0.25, 0.3) is 0 Å². The molecule has 2 aromatic rings. The Morgan fingerprint density at radius 2 is 1.90 bits per heavy atom. The highest BCUT2D eigenvalue weighted by Crippen LogP contribution is 2.39. The first-order chi connectivity index (χ1) is 9.66. The molecule has 1 aliphatic carbocycles. The molecule has 0 saturated heterocycles. The molecule has 2 nitrogen and oxygen atoms in total. The average Bonchev–Trinajstić information content (AvgIpc) is 2.85. The summed E-state index contributed by atoms with van der Waals surface area (Å²) < 4.78 is 20.1. The summed E-state index contributed by atoms with van der Waals surface area (Å²) in [7, 11) is 0. The smallest absolute Gasteiger partial charge is 0.192 e. The van der Waals surface area contributed by atoms with E-state index in [9.17, 15) is 4.39 Å². The average molecular weight is 273 g/mol. The van der Waals surface area contributed by atoms with E-state index in [1.807, 2.05) is 13.0 Å². The Bertz CT molecular complexity index is 611. The summed E-state index contributed by atoms with van der Waals surface area (Å²) in [6.45, 7) is 3.62. The molecular formula is C17H20FNO. The van der Waals surface area contributed by atoms with Gasteiger partial charge in [0.15, 0.2) is 11.7 Å². The SMILES string of the molecule is Cc1nc(C2CCCCC2)c(-c2cccc(C)c2F)o1. The largest absolute Gasteiger partial charge is 0.441 e. The van der Waals surface area contributed by atoms with Crippen LogP contribution in [0.3, 0.4) is 0 Å². The Morgan fingerprint density at radius 1 is 1.15 bits per heavy atom. The third-order valence-electron chi connectivity index (χ3n) is 4.19. The molecule has 0 aliphatic heterocycles. The van der Waals surface area contributed by atoms with Crippen molar-refractivity contribution in [3.63, 3.8) is 0 Å². The lowest BCUT2D eigenvalue weighted by Crippen LogP contribution is -2.06. The van der Waals surface area contributed by atoms with Crippen molar-refractivity contribution in [2.75, 3.05) is 0 Å². The second-order valence-corrected chi connectivity index (χ2v) is 5.72. The molecule has 3 rings (SSSR count). The first-order valence-electron chi connectivity index (χ1n) is 7.39. The fourth-order valence-corrected chi connectivity index (χ4v) is 3.11. The van der Waals surface area contributed by atoms with E-state index in [1.54, 1.807) is 19.1 Å². The van der Waals surface area contributed by atoms with E-state index in [1.165, 1.54) is 19.3 Å². The Morgan fingerprint density at radius 3 is 2.65 bits per heavy atom. The van der Waals surface area contributed by atoms with Crippen LogP contribution in [0.1, 0.15) is 55.2 Å². The van der Waals surface area contributed by atoms with Gasteiger partial charge < -0.3 is 4.42 Å². The summed E-state index contributed by atoms with van der Waals surface area (Å²) in [6.07, 6.45) is 6.01. The molecule has 1 aromatic carbocycles. The normalized spacial score (nSPS) is 16.6. The van der Waals surface area contributed by atoms with E-state index in [0.717, 1.165) is 18.5 Å². The van der Waals surface area contributed by atoms with Gasteiger partial charge in [0, 0.05) is 12.8 Å². The molecule has 0 spiro atoms. The Hall–Kier alpha value is -1.64.